The summed E-state index contributed by atoms with van der Waals surface area (Å²) in [5, 5.41) is 9.01. The second kappa shape index (κ2) is 7.02. The molecule has 3 aromatic rings. The Kier molecular flexibility index (Phi) is 4.73. The van der Waals surface area contributed by atoms with Crippen LogP contribution < -0.4 is 4.72 Å². The summed E-state index contributed by atoms with van der Waals surface area (Å²) >= 11 is 0. The van der Waals surface area contributed by atoms with Crippen LogP contribution in [0.1, 0.15) is 49.3 Å². The van der Waals surface area contributed by atoms with Crippen LogP contribution in [0.5, 0.6) is 0 Å². The maximum Gasteiger partial charge on any atom is 0.156 e. The molecule has 3 aromatic heterocycles. The number of aliphatic hydroxyl groups is 1. The number of aromatic amines is 1. The first-order valence-electron chi connectivity index (χ1n) is 9.12. The number of aliphatic hydroxyl groups excluding tert-OH is 1. The van der Waals surface area contributed by atoms with Gasteiger partial charge in [-0.2, -0.15) is 0 Å². The van der Waals surface area contributed by atoms with Crippen molar-refractivity contribution in [3.8, 4) is 0 Å². The third-order valence-electron chi connectivity index (χ3n) is 5.18. The van der Waals surface area contributed by atoms with Gasteiger partial charge in [0, 0.05) is 40.1 Å². The lowest BCUT2D eigenvalue weighted by Crippen LogP contribution is -2.27. The first-order chi connectivity index (χ1) is 12.6. The van der Waals surface area contributed by atoms with Crippen LogP contribution in [0.2, 0.25) is 0 Å². The molecule has 0 aliphatic heterocycles. The third-order valence-corrected chi connectivity index (χ3v) is 6.70. The van der Waals surface area contributed by atoms with Crippen molar-refractivity contribution in [2.75, 3.05) is 12.4 Å². The van der Waals surface area contributed by atoms with Gasteiger partial charge in [0.1, 0.15) is 0 Å². The molecular weight excluding hydrogens is 350 g/mol. The second-order valence-corrected chi connectivity index (χ2v) is 9.38. The fourth-order valence-corrected chi connectivity index (χ4v) is 4.63. The maximum absolute atomic E-state index is 12.3. The van der Waals surface area contributed by atoms with Crippen LogP contribution in [0, 0.1) is 0 Å². The molecule has 0 spiro atoms. The highest BCUT2D eigenvalue weighted by atomic mass is 32.2. The van der Waals surface area contributed by atoms with Crippen molar-refractivity contribution in [2.24, 2.45) is 0 Å². The molecule has 1 aliphatic carbocycles. The van der Waals surface area contributed by atoms with Gasteiger partial charge < -0.3 is 10.1 Å². The van der Waals surface area contributed by atoms with E-state index in [1.165, 1.54) is 32.1 Å². The molecule has 0 radical (unpaired) electrons. The van der Waals surface area contributed by atoms with E-state index in [4.69, 9.17) is 10.1 Å². The van der Waals surface area contributed by atoms with Crippen LogP contribution in [0.15, 0.2) is 18.6 Å². The second-order valence-electron chi connectivity index (χ2n) is 7.06. The molecule has 1 saturated carbocycles. The topological polar surface area (TPSA) is 95.3 Å². The standard InChI is InChI=1S/C18H25N5O2S/c1-26(25,8-7-24)21-10-14-9-19-18-17(14)23-12-15(22-16(23)11-20-18)13-5-3-2-4-6-13/h9,11-13,19,24H,1-8,10H2,(H,21,25). The zero-order chi connectivity index (χ0) is 18.1. The normalized spacial score (nSPS) is 18.5. The fourth-order valence-electron chi connectivity index (χ4n) is 3.78. The number of H-pyrrole nitrogens is 1. The van der Waals surface area contributed by atoms with Gasteiger partial charge in [-0.3, -0.25) is 8.61 Å². The van der Waals surface area contributed by atoms with Gasteiger partial charge in [-0.05, 0) is 18.7 Å². The molecule has 1 unspecified atom stereocenters. The number of hydrogen-bond acceptors (Lipinski definition) is 4. The van der Waals surface area contributed by atoms with Crippen LogP contribution in [-0.2, 0) is 16.3 Å². The molecule has 0 bridgehead atoms. The smallest absolute Gasteiger partial charge is 0.156 e. The quantitative estimate of drug-likeness (QED) is 0.574. The Hall–Kier alpha value is -1.90. The monoisotopic (exact) mass is 375 g/mol. The van der Waals surface area contributed by atoms with E-state index in [0.717, 1.165) is 28.1 Å². The number of fused-ring (bicyclic) bond motifs is 3. The summed E-state index contributed by atoms with van der Waals surface area (Å²) in [6.45, 7) is 0.237. The van der Waals surface area contributed by atoms with Gasteiger partial charge >= 0.3 is 0 Å². The summed E-state index contributed by atoms with van der Waals surface area (Å²) in [4.78, 5) is 12.5. The summed E-state index contributed by atoms with van der Waals surface area (Å²) in [6.07, 6.45) is 12.1. The van der Waals surface area contributed by atoms with E-state index >= 15 is 0 Å². The van der Waals surface area contributed by atoms with Crippen LogP contribution in [0.25, 0.3) is 16.8 Å². The van der Waals surface area contributed by atoms with Crippen molar-refractivity contribution < 1.29 is 9.32 Å². The van der Waals surface area contributed by atoms with Crippen molar-refractivity contribution in [2.45, 2.75) is 44.6 Å². The van der Waals surface area contributed by atoms with Crippen molar-refractivity contribution in [1.82, 2.24) is 24.1 Å². The Morgan fingerprint density at radius 3 is 2.96 bits per heavy atom. The maximum atomic E-state index is 12.3. The fraction of sp³-hybridized carbons (Fsp3) is 0.500. The minimum Gasteiger partial charge on any atom is -0.395 e. The van der Waals surface area contributed by atoms with Crippen LogP contribution in [0.4, 0.5) is 0 Å². The lowest BCUT2D eigenvalue weighted by Gasteiger charge is -2.19. The van der Waals surface area contributed by atoms with Crippen molar-refractivity contribution >= 4 is 32.4 Å². The average Bonchev–Trinajstić information content (AvgIpc) is 3.24. The van der Waals surface area contributed by atoms with Gasteiger partial charge in [0.2, 0.25) is 0 Å². The molecule has 3 heterocycles. The van der Waals surface area contributed by atoms with E-state index in [0.29, 0.717) is 12.5 Å². The molecule has 1 aliphatic rings. The summed E-state index contributed by atoms with van der Waals surface area (Å²) in [7, 11) is -2.50. The molecule has 0 amide bonds. The van der Waals surface area contributed by atoms with E-state index in [2.05, 4.69) is 31.2 Å². The summed E-state index contributed by atoms with van der Waals surface area (Å²) in [6, 6.07) is 0. The highest BCUT2D eigenvalue weighted by Gasteiger charge is 2.20. The number of hydrogen-bond donors (Lipinski definition) is 3. The SMILES string of the molecule is C=S(=O)(CCO)NCc1c[nH]c2ncc3nc(C4CCCCC4)cn3c12. The van der Waals surface area contributed by atoms with Gasteiger partial charge in [-0.1, -0.05) is 19.3 Å². The van der Waals surface area contributed by atoms with Crippen molar-refractivity contribution in [3.05, 3.63) is 29.8 Å². The number of nitrogens with zero attached hydrogens (tertiary/aromatic N) is 3. The number of nitrogens with one attached hydrogen (secondary N) is 2. The van der Waals surface area contributed by atoms with E-state index < -0.39 is 9.71 Å². The predicted molar refractivity (Wildman–Crippen MR) is 105 cm³/mol. The number of imidazole rings is 1. The Bertz CT molecular complexity index is 1010. The molecule has 0 saturated heterocycles. The van der Waals surface area contributed by atoms with Crippen LogP contribution in [0.3, 0.4) is 0 Å². The molecule has 1 fully saturated rings. The Morgan fingerprint density at radius 1 is 1.38 bits per heavy atom. The predicted octanol–water partition coefficient (Wildman–Crippen LogP) is 1.97. The lowest BCUT2D eigenvalue weighted by molar-refractivity contribution is 0.321. The number of rotatable bonds is 6. The van der Waals surface area contributed by atoms with Crippen LogP contribution >= 0.6 is 0 Å². The van der Waals surface area contributed by atoms with E-state index in [1.807, 2.05) is 6.20 Å². The third kappa shape index (κ3) is 3.36. The molecule has 140 valence electrons. The molecule has 4 rings (SSSR count). The zero-order valence-electron chi connectivity index (χ0n) is 14.8. The molecule has 1 atom stereocenters. The van der Waals surface area contributed by atoms with Gasteiger partial charge in [-0.15, -0.1) is 0 Å². The van der Waals surface area contributed by atoms with Gasteiger partial charge in [0.15, 0.2) is 11.3 Å². The average molecular weight is 375 g/mol. The molecular formula is C18H25N5O2S. The highest BCUT2D eigenvalue weighted by molar-refractivity contribution is 7.98. The highest BCUT2D eigenvalue weighted by Crippen LogP contribution is 2.32. The Labute approximate surface area is 153 Å². The van der Waals surface area contributed by atoms with Gasteiger partial charge in [-0.25, -0.2) is 14.7 Å². The lowest BCUT2D eigenvalue weighted by atomic mass is 9.87. The summed E-state index contributed by atoms with van der Waals surface area (Å²) in [5.41, 5.74) is 4.66. The van der Waals surface area contributed by atoms with Crippen molar-refractivity contribution in [3.63, 3.8) is 0 Å². The largest absolute Gasteiger partial charge is 0.395 e. The van der Waals surface area contributed by atoms with Gasteiger partial charge in [0.05, 0.1) is 29.8 Å². The molecule has 8 heteroatoms. The van der Waals surface area contributed by atoms with Gasteiger partial charge in [0.25, 0.3) is 0 Å². The van der Waals surface area contributed by atoms with Crippen molar-refractivity contribution in [1.29, 1.82) is 0 Å². The molecule has 3 N–H and O–H groups in total. The minimum absolute atomic E-state index is 0.139. The first kappa shape index (κ1) is 17.5. The van der Waals surface area contributed by atoms with Crippen LogP contribution in [-0.4, -0.2) is 46.9 Å². The van der Waals surface area contributed by atoms with E-state index in [9.17, 15) is 4.21 Å². The Morgan fingerprint density at radius 2 is 2.19 bits per heavy atom. The molecule has 7 nitrogen and oxygen atoms in total. The first-order valence-corrected chi connectivity index (χ1v) is 11.0. The number of aromatic nitrogens is 4. The zero-order valence-corrected chi connectivity index (χ0v) is 15.6. The molecule has 0 aromatic carbocycles. The molecule has 26 heavy (non-hydrogen) atoms. The summed E-state index contributed by atoms with van der Waals surface area (Å²) in [5.74, 6) is 4.35. The summed E-state index contributed by atoms with van der Waals surface area (Å²) < 4.78 is 17.3. The minimum atomic E-state index is -2.50. The Balaban J connectivity index is 1.69. The van der Waals surface area contributed by atoms with E-state index in [-0.39, 0.29) is 12.4 Å². The van der Waals surface area contributed by atoms with E-state index in [1.54, 1.807) is 6.20 Å².